The van der Waals surface area contributed by atoms with Gasteiger partial charge in [0.05, 0.1) is 30.5 Å². The number of benzene rings is 2. The highest BCUT2D eigenvalue weighted by atomic mass is 35.5. The second-order valence-corrected chi connectivity index (χ2v) is 6.64. The molecule has 1 amide bonds. The molecule has 0 spiro atoms. The second kappa shape index (κ2) is 7.60. The topological polar surface area (TPSA) is 59.8 Å². The summed E-state index contributed by atoms with van der Waals surface area (Å²) >= 11 is 5.95. The quantitative estimate of drug-likeness (QED) is 0.571. The second-order valence-electron chi connectivity index (χ2n) is 6.21. The molecule has 4 aromatic rings. The zero-order valence-electron chi connectivity index (χ0n) is 14.5. The maximum Gasteiger partial charge on any atom is 0.251 e. The van der Waals surface area contributed by atoms with Crippen molar-refractivity contribution in [3.63, 3.8) is 0 Å². The number of pyridine rings is 1. The number of amides is 1. The van der Waals surface area contributed by atoms with Gasteiger partial charge in [0.15, 0.2) is 0 Å². The molecule has 0 fully saturated rings. The Hall–Kier alpha value is -3.18. The Morgan fingerprint density at radius 2 is 1.93 bits per heavy atom. The summed E-state index contributed by atoms with van der Waals surface area (Å²) in [5.74, 6) is -0.137. The van der Waals surface area contributed by atoms with E-state index in [-0.39, 0.29) is 5.91 Å². The number of carbonyl (C=O) groups excluding carboxylic acids is 1. The molecule has 2 aromatic carbocycles. The number of carbonyl (C=O) groups is 1. The molecule has 27 heavy (non-hydrogen) atoms. The lowest BCUT2D eigenvalue weighted by Gasteiger charge is -2.07. The molecule has 134 valence electrons. The number of nitrogens with zero attached hydrogens (tertiary/aromatic N) is 3. The van der Waals surface area contributed by atoms with Gasteiger partial charge >= 0.3 is 0 Å². The molecular weight excluding hydrogens is 360 g/mol. The lowest BCUT2D eigenvalue weighted by molar-refractivity contribution is 0.0950. The number of fused-ring (bicyclic) bond motifs is 1. The first-order chi connectivity index (χ1) is 13.2. The Balaban J connectivity index is 1.54. The van der Waals surface area contributed by atoms with Crippen molar-refractivity contribution >= 4 is 28.4 Å². The minimum absolute atomic E-state index is 0.137. The van der Waals surface area contributed by atoms with Gasteiger partial charge in [-0.15, -0.1) is 0 Å². The van der Waals surface area contributed by atoms with Gasteiger partial charge in [0.25, 0.3) is 5.91 Å². The average molecular weight is 377 g/mol. The smallest absolute Gasteiger partial charge is 0.251 e. The molecule has 1 N–H and O–H groups in total. The van der Waals surface area contributed by atoms with Crippen LogP contribution in [0.5, 0.6) is 0 Å². The van der Waals surface area contributed by atoms with Crippen molar-refractivity contribution in [3.8, 4) is 0 Å². The van der Waals surface area contributed by atoms with Gasteiger partial charge in [-0.1, -0.05) is 35.9 Å². The fraction of sp³-hybridized carbons (Fsp3) is 0.0952. The van der Waals surface area contributed by atoms with E-state index < -0.39 is 0 Å². The maximum atomic E-state index is 12.5. The van der Waals surface area contributed by atoms with Gasteiger partial charge in [0.2, 0.25) is 0 Å². The van der Waals surface area contributed by atoms with Gasteiger partial charge in [0, 0.05) is 22.2 Å². The van der Waals surface area contributed by atoms with E-state index in [1.165, 1.54) is 0 Å². The van der Waals surface area contributed by atoms with Gasteiger partial charge in [-0.05, 0) is 42.0 Å². The predicted octanol–water partition coefficient (Wildman–Crippen LogP) is 4.06. The van der Waals surface area contributed by atoms with Gasteiger partial charge < -0.3 is 5.32 Å². The summed E-state index contributed by atoms with van der Waals surface area (Å²) < 4.78 is 1.88. The molecule has 5 nitrogen and oxygen atoms in total. The van der Waals surface area contributed by atoms with Crippen molar-refractivity contribution < 1.29 is 4.79 Å². The van der Waals surface area contributed by atoms with Crippen molar-refractivity contribution in [1.82, 2.24) is 20.1 Å². The molecule has 0 radical (unpaired) electrons. The number of aromatic nitrogens is 3. The van der Waals surface area contributed by atoms with Crippen LogP contribution in [0, 0.1) is 0 Å². The summed E-state index contributed by atoms with van der Waals surface area (Å²) in [4.78, 5) is 16.7. The van der Waals surface area contributed by atoms with Crippen LogP contribution in [-0.2, 0) is 13.1 Å². The fourth-order valence-electron chi connectivity index (χ4n) is 2.88. The van der Waals surface area contributed by atoms with E-state index in [4.69, 9.17) is 11.6 Å². The molecule has 0 saturated heterocycles. The first-order valence-corrected chi connectivity index (χ1v) is 8.95. The first-order valence-electron chi connectivity index (χ1n) is 8.57. The molecule has 0 unspecified atom stereocenters. The summed E-state index contributed by atoms with van der Waals surface area (Å²) in [6.07, 6.45) is 3.52. The van der Waals surface area contributed by atoms with Gasteiger partial charge in [-0.25, -0.2) is 0 Å². The molecule has 0 bridgehead atoms. The third kappa shape index (κ3) is 3.99. The predicted molar refractivity (Wildman–Crippen MR) is 106 cm³/mol. The molecule has 6 heteroatoms. The summed E-state index contributed by atoms with van der Waals surface area (Å²) in [5.41, 5.74) is 3.42. The van der Waals surface area contributed by atoms with Crippen molar-refractivity contribution in [3.05, 3.63) is 94.9 Å². The first kappa shape index (κ1) is 17.2. The highest BCUT2D eigenvalue weighted by molar-refractivity contribution is 6.30. The lowest BCUT2D eigenvalue weighted by Crippen LogP contribution is -2.23. The SMILES string of the molecule is O=C(NCc1ccccn1)c1ccc2cnn(Cc3ccc(Cl)cc3)c2c1. The third-order valence-electron chi connectivity index (χ3n) is 4.31. The Morgan fingerprint density at radius 1 is 1.07 bits per heavy atom. The Bertz CT molecular complexity index is 1070. The average Bonchev–Trinajstić information content (AvgIpc) is 3.11. The Labute approximate surface area is 161 Å². The summed E-state index contributed by atoms with van der Waals surface area (Å²) in [6.45, 7) is 1.00. The van der Waals surface area contributed by atoms with Crippen LogP contribution in [-0.4, -0.2) is 20.7 Å². The fourth-order valence-corrected chi connectivity index (χ4v) is 3.00. The van der Waals surface area contributed by atoms with Crippen LogP contribution in [0.25, 0.3) is 10.9 Å². The van der Waals surface area contributed by atoms with Crippen LogP contribution in [0.2, 0.25) is 5.02 Å². The third-order valence-corrected chi connectivity index (χ3v) is 4.56. The molecule has 0 aliphatic carbocycles. The summed E-state index contributed by atoms with van der Waals surface area (Å²) in [5, 5.41) is 9.05. The zero-order chi connectivity index (χ0) is 18.6. The molecule has 0 saturated carbocycles. The Morgan fingerprint density at radius 3 is 2.70 bits per heavy atom. The minimum atomic E-state index is -0.137. The van der Waals surface area contributed by atoms with Gasteiger partial charge in [0.1, 0.15) is 0 Å². The van der Waals surface area contributed by atoms with Crippen LogP contribution in [0.3, 0.4) is 0 Å². The zero-order valence-corrected chi connectivity index (χ0v) is 15.2. The number of nitrogens with one attached hydrogen (secondary N) is 1. The van der Waals surface area contributed by atoms with Crippen molar-refractivity contribution in [2.45, 2.75) is 13.1 Å². The molecule has 0 atom stereocenters. The standard InChI is InChI=1S/C21H17ClN4O/c22-18-8-4-15(5-9-18)14-26-20-11-16(6-7-17(20)12-25-26)21(27)24-13-19-3-1-2-10-23-19/h1-12H,13-14H2,(H,24,27). The van der Waals surface area contributed by atoms with Crippen LogP contribution < -0.4 is 5.32 Å². The highest BCUT2D eigenvalue weighted by Crippen LogP contribution is 2.18. The van der Waals surface area contributed by atoms with Crippen molar-refractivity contribution in [2.24, 2.45) is 0 Å². The minimum Gasteiger partial charge on any atom is -0.346 e. The van der Waals surface area contributed by atoms with Crippen LogP contribution in [0.1, 0.15) is 21.6 Å². The molecule has 0 aliphatic heterocycles. The van der Waals surface area contributed by atoms with E-state index >= 15 is 0 Å². The normalized spacial score (nSPS) is 10.9. The van der Waals surface area contributed by atoms with Crippen LogP contribution in [0.4, 0.5) is 0 Å². The van der Waals surface area contributed by atoms with Gasteiger partial charge in [-0.2, -0.15) is 5.10 Å². The number of hydrogen-bond acceptors (Lipinski definition) is 3. The largest absolute Gasteiger partial charge is 0.346 e. The van der Waals surface area contributed by atoms with E-state index in [9.17, 15) is 4.79 Å². The van der Waals surface area contributed by atoms with E-state index in [2.05, 4.69) is 15.4 Å². The van der Waals surface area contributed by atoms with Crippen LogP contribution in [0.15, 0.2) is 73.1 Å². The van der Waals surface area contributed by atoms with Crippen molar-refractivity contribution in [2.75, 3.05) is 0 Å². The van der Waals surface area contributed by atoms with E-state index in [0.29, 0.717) is 23.7 Å². The molecule has 2 aromatic heterocycles. The number of hydrogen-bond donors (Lipinski definition) is 1. The van der Waals surface area contributed by atoms with E-state index in [1.807, 2.05) is 65.3 Å². The van der Waals surface area contributed by atoms with Crippen LogP contribution >= 0.6 is 11.6 Å². The monoisotopic (exact) mass is 376 g/mol. The number of halogens is 1. The molecular formula is C21H17ClN4O. The Kier molecular flexibility index (Phi) is 4.85. The van der Waals surface area contributed by atoms with Gasteiger partial charge in [-0.3, -0.25) is 14.5 Å². The molecule has 0 aliphatic rings. The molecule has 4 rings (SSSR count). The van der Waals surface area contributed by atoms with E-state index in [0.717, 1.165) is 22.2 Å². The number of rotatable bonds is 5. The van der Waals surface area contributed by atoms with Crippen molar-refractivity contribution in [1.29, 1.82) is 0 Å². The lowest BCUT2D eigenvalue weighted by atomic mass is 10.1. The maximum absolute atomic E-state index is 12.5. The highest BCUT2D eigenvalue weighted by Gasteiger charge is 2.10. The molecule has 2 heterocycles. The summed E-state index contributed by atoms with van der Waals surface area (Å²) in [6, 6.07) is 18.9. The summed E-state index contributed by atoms with van der Waals surface area (Å²) in [7, 11) is 0. The van der Waals surface area contributed by atoms with E-state index in [1.54, 1.807) is 12.4 Å².